The van der Waals surface area contributed by atoms with Crippen LogP contribution in [-0.4, -0.2) is 66.2 Å². The number of nitrogens with zero attached hydrogens (tertiary/aromatic N) is 3. The minimum Gasteiger partial charge on any atom is -0.340 e. The van der Waals surface area contributed by atoms with Gasteiger partial charge in [-0.15, -0.1) is 0 Å². The number of fused-ring (bicyclic) bond motifs is 1. The van der Waals surface area contributed by atoms with Crippen molar-refractivity contribution in [3.05, 3.63) is 94.0 Å². The van der Waals surface area contributed by atoms with E-state index in [9.17, 15) is 14.4 Å². The normalized spacial score (nSPS) is 19.3. The molecule has 3 amide bonds. The van der Waals surface area contributed by atoms with Crippen LogP contribution in [0.1, 0.15) is 57.0 Å². The Morgan fingerprint density at radius 3 is 2.34 bits per heavy atom. The minimum atomic E-state index is -0.591. The molecule has 3 aromatic carbocycles. The minimum absolute atomic E-state index is 0.103. The highest BCUT2D eigenvalue weighted by atomic mass is 35.5. The maximum Gasteiger partial charge on any atom is 0.259 e. The summed E-state index contributed by atoms with van der Waals surface area (Å²) in [5.41, 5.74) is 3.45. The van der Waals surface area contributed by atoms with E-state index in [1.54, 1.807) is 41.3 Å². The van der Waals surface area contributed by atoms with Gasteiger partial charge in [-0.1, -0.05) is 41.4 Å². The third-order valence-electron chi connectivity index (χ3n) is 8.00. The zero-order valence-corrected chi connectivity index (χ0v) is 24.8. The highest BCUT2D eigenvalue weighted by Crippen LogP contribution is 2.42. The number of alkyl halides is 1. The summed E-state index contributed by atoms with van der Waals surface area (Å²) >= 11 is 13.3. The zero-order valence-electron chi connectivity index (χ0n) is 23.3. The number of piperazine rings is 1. The zero-order chi connectivity index (χ0) is 29.1. The van der Waals surface area contributed by atoms with E-state index in [1.807, 2.05) is 42.2 Å². The van der Waals surface area contributed by atoms with Gasteiger partial charge in [0.2, 0.25) is 5.91 Å². The molecule has 7 nitrogen and oxygen atoms in total. The average molecular weight is 594 g/mol. The SMILES string of the molecule is Cc1ccccc1C(=O)Nc1ccc(C(=O)N2c3ccc(Cl)cc3C(CC(=O)N3CCN(C)CC3)CCC2Cl)cc1. The lowest BCUT2D eigenvalue weighted by molar-refractivity contribution is -0.133. The number of carbonyl (C=O) groups excluding carboxylic acids is 3. The third kappa shape index (κ3) is 6.58. The second kappa shape index (κ2) is 12.6. The van der Waals surface area contributed by atoms with Crippen molar-refractivity contribution < 1.29 is 14.4 Å². The van der Waals surface area contributed by atoms with Gasteiger partial charge in [0.25, 0.3) is 11.8 Å². The summed E-state index contributed by atoms with van der Waals surface area (Å²) in [4.78, 5) is 45.6. The number of hydrogen-bond acceptors (Lipinski definition) is 4. The van der Waals surface area contributed by atoms with Crippen molar-refractivity contribution in [3.8, 4) is 0 Å². The van der Waals surface area contributed by atoms with Crippen molar-refractivity contribution in [1.29, 1.82) is 0 Å². The Labute approximate surface area is 251 Å². The van der Waals surface area contributed by atoms with Crippen LogP contribution in [-0.2, 0) is 4.79 Å². The highest BCUT2D eigenvalue weighted by Gasteiger charge is 2.34. The van der Waals surface area contributed by atoms with E-state index in [4.69, 9.17) is 23.2 Å². The molecule has 0 bridgehead atoms. The van der Waals surface area contributed by atoms with Crippen molar-refractivity contribution in [2.24, 2.45) is 0 Å². The van der Waals surface area contributed by atoms with Crippen LogP contribution in [0.15, 0.2) is 66.7 Å². The molecule has 214 valence electrons. The topological polar surface area (TPSA) is 73.0 Å². The molecule has 2 heterocycles. The monoisotopic (exact) mass is 592 g/mol. The number of anilines is 2. The molecular weight excluding hydrogens is 559 g/mol. The molecule has 3 aromatic rings. The number of amides is 3. The molecule has 2 atom stereocenters. The van der Waals surface area contributed by atoms with E-state index in [1.165, 1.54) is 0 Å². The molecule has 0 radical (unpaired) electrons. The number of halogens is 2. The third-order valence-corrected chi connectivity index (χ3v) is 8.65. The summed E-state index contributed by atoms with van der Waals surface area (Å²) in [6.45, 7) is 5.04. The largest absolute Gasteiger partial charge is 0.340 e. The van der Waals surface area contributed by atoms with Gasteiger partial charge in [-0.3, -0.25) is 19.3 Å². The van der Waals surface area contributed by atoms with Crippen molar-refractivity contribution in [2.75, 3.05) is 43.4 Å². The molecule has 41 heavy (non-hydrogen) atoms. The van der Waals surface area contributed by atoms with Crippen molar-refractivity contribution in [2.45, 2.75) is 37.6 Å². The van der Waals surface area contributed by atoms with Crippen molar-refractivity contribution in [3.63, 3.8) is 0 Å². The Morgan fingerprint density at radius 2 is 1.63 bits per heavy atom. The highest BCUT2D eigenvalue weighted by molar-refractivity contribution is 6.31. The molecule has 1 N–H and O–H groups in total. The molecule has 0 aliphatic carbocycles. The van der Waals surface area contributed by atoms with Crippen LogP contribution in [0.4, 0.5) is 11.4 Å². The van der Waals surface area contributed by atoms with Crippen LogP contribution in [0.25, 0.3) is 0 Å². The molecule has 2 aliphatic heterocycles. The smallest absolute Gasteiger partial charge is 0.259 e. The Bertz CT molecular complexity index is 1440. The molecule has 5 rings (SSSR count). The lowest BCUT2D eigenvalue weighted by Crippen LogP contribution is -2.47. The first-order valence-corrected chi connectivity index (χ1v) is 14.7. The Kier molecular flexibility index (Phi) is 8.97. The maximum absolute atomic E-state index is 13.9. The van der Waals surface area contributed by atoms with Gasteiger partial charge in [-0.25, -0.2) is 0 Å². The fraction of sp³-hybridized carbons (Fsp3) is 0.344. The van der Waals surface area contributed by atoms with Crippen LogP contribution in [0.3, 0.4) is 0 Å². The first-order chi connectivity index (χ1) is 19.7. The summed E-state index contributed by atoms with van der Waals surface area (Å²) in [5.74, 6) is -0.452. The maximum atomic E-state index is 13.9. The second-order valence-electron chi connectivity index (χ2n) is 10.8. The van der Waals surface area contributed by atoms with Crippen LogP contribution in [0, 0.1) is 6.92 Å². The summed E-state index contributed by atoms with van der Waals surface area (Å²) < 4.78 is 0. The predicted octanol–water partition coefficient (Wildman–Crippen LogP) is 6.15. The van der Waals surface area contributed by atoms with E-state index in [2.05, 4.69) is 17.3 Å². The van der Waals surface area contributed by atoms with Gasteiger partial charge in [0.05, 0.1) is 0 Å². The Balaban J connectivity index is 1.35. The van der Waals surface area contributed by atoms with E-state index in [-0.39, 0.29) is 23.6 Å². The lowest BCUT2D eigenvalue weighted by Gasteiger charge is -2.33. The summed E-state index contributed by atoms with van der Waals surface area (Å²) in [6, 6.07) is 19.6. The molecule has 9 heteroatoms. The standard InChI is InChI=1S/C32H34Cl2N4O3/c1-21-5-3-4-6-26(21)31(40)35-25-11-7-22(8-12-25)32(41)38-28-13-10-24(33)20-27(28)23(9-14-29(38)34)19-30(39)37-17-15-36(2)16-18-37/h3-8,10-13,20,23,29H,9,14-19H2,1-2H3,(H,35,40). The van der Waals surface area contributed by atoms with Gasteiger partial charge >= 0.3 is 0 Å². The number of nitrogens with one attached hydrogen (secondary N) is 1. The van der Waals surface area contributed by atoms with Gasteiger partial charge in [0.1, 0.15) is 5.50 Å². The summed E-state index contributed by atoms with van der Waals surface area (Å²) in [7, 11) is 2.06. The molecule has 1 saturated heterocycles. The molecule has 1 fully saturated rings. The number of aryl methyl sites for hydroxylation is 1. The molecule has 0 aromatic heterocycles. The first kappa shape index (κ1) is 29.1. The number of hydrogen-bond donors (Lipinski definition) is 1. The number of likely N-dealkylation sites (N-methyl/N-ethyl adjacent to an activating group) is 1. The van der Waals surface area contributed by atoms with E-state index >= 15 is 0 Å². The van der Waals surface area contributed by atoms with Gasteiger partial charge in [0.15, 0.2) is 0 Å². The predicted molar refractivity (Wildman–Crippen MR) is 164 cm³/mol. The van der Waals surface area contributed by atoms with Gasteiger partial charge in [-0.05, 0) is 92.4 Å². The van der Waals surface area contributed by atoms with Crippen LogP contribution in [0.2, 0.25) is 5.02 Å². The Morgan fingerprint density at radius 1 is 0.927 bits per heavy atom. The van der Waals surface area contributed by atoms with Crippen molar-refractivity contribution in [1.82, 2.24) is 9.80 Å². The number of benzene rings is 3. The first-order valence-electron chi connectivity index (χ1n) is 13.9. The molecule has 0 saturated carbocycles. The fourth-order valence-corrected chi connectivity index (χ4v) is 6.05. The second-order valence-corrected chi connectivity index (χ2v) is 11.8. The molecular formula is C32H34Cl2N4O3. The van der Waals surface area contributed by atoms with Crippen LogP contribution >= 0.6 is 23.2 Å². The Hall–Kier alpha value is -3.39. The van der Waals surface area contributed by atoms with Crippen LogP contribution in [0.5, 0.6) is 0 Å². The number of rotatable bonds is 5. The molecule has 2 aliphatic rings. The van der Waals surface area contributed by atoms with E-state index in [0.29, 0.717) is 59.9 Å². The molecule has 2 unspecified atom stereocenters. The fourth-order valence-electron chi connectivity index (χ4n) is 5.55. The summed E-state index contributed by atoms with van der Waals surface area (Å²) in [6.07, 6.45) is 1.54. The average Bonchev–Trinajstić information content (AvgIpc) is 3.09. The van der Waals surface area contributed by atoms with E-state index in [0.717, 1.165) is 24.2 Å². The lowest BCUT2D eigenvalue weighted by atomic mass is 9.90. The summed E-state index contributed by atoms with van der Waals surface area (Å²) in [5, 5.41) is 3.45. The molecule has 0 spiro atoms. The number of carbonyl (C=O) groups is 3. The van der Waals surface area contributed by atoms with Gasteiger partial charge in [-0.2, -0.15) is 0 Å². The van der Waals surface area contributed by atoms with Gasteiger partial charge in [0, 0.05) is 60.1 Å². The van der Waals surface area contributed by atoms with E-state index < -0.39 is 5.50 Å². The van der Waals surface area contributed by atoms with Gasteiger partial charge < -0.3 is 15.1 Å². The quantitative estimate of drug-likeness (QED) is 0.285. The van der Waals surface area contributed by atoms with Crippen LogP contribution < -0.4 is 10.2 Å². The van der Waals surface area contributed by atoms with Crippen molar-refractivity contribution >= 4 is 52.3 Å².